The van der Waals surface area contributed by atoms with E-state index in [2.05, 4.69) is 6.07 Å². The molecule has 0 saturated carbocycles. The minimum absolute atomic E-state index is 0.124. The highest BCUT2D eigenvalue weighted by atomic mass is 32.1. The van der Waals surface area contributed by atoms with Crippen LogP contribution < -0.4 is 5.73 Å². The standard InChI is InChI=1S/C11H7FN2S/c12-9-3-1-7(5-10(9)14)11-4-2-8(6-13)15-11/h1-5H,14H2. The lowest BCUT2D eigenvalue weighted by atomic mass is 10.1. The number of rotatable bonds is 1. The molecular formula is C11H7FN2S. The molecule has 0 aliphatic heterocycles. The van der Waals surface area contributed by atoms with E-state index in [1.165, 1.54) is 17.4 Å². The third kappa shape index (κ3) is 1.83. The molecule has 2 rings (SSSR count). The monoisotopic (exact) mass is 218 g/mol. The maximum Gasteiger partial charge on any atom is 0.146 e. The molecule has 0 spiro atoms. The Morgan fingerprint density at radius 2 is 2.07 bits per heavy atom. The minimum atomic E-state index is -0.421. The molecule has 4 heteroatoms. The first kappa shape index (κ1) is 9.69. The first-order chi connectivity index (χ1) is 7.20. The first-order valence-corrected chi connectivity index (χ1v) is 5.07. The molecule has 1 heterocycles. The summed E-state index contributed by atoms with van der Waals surface area (Å²) >= 11 is 1.36. The van der Waals surface area contributed by atoms with Crippen LogP contribution in [-0.4, -0.2) is 0 Å². The predicted molar refractivity (Wildman–Crippen MR) is 58.8 cm³/mol. The van der Waals surface area contributed by atoms with Crippen molar-refractivity contribution in [3.8, 4) is 16.5 Å². The van der Waals surface area contributed by atoms with Crippen LogP contribution in [0.5, 0.6) is 0 Å². The lowest BCUT2D eigenvalue weighted by Gasteiger charge is -1.99. The van der Waals surface area contributed by atoms with Crippen molar-refractivity contribution < 1.29 is 4.39 Å². The van der Waals surface area contributed by atoms with E-state index in [4.69, 9.17) is 11.0 Å². The third-order valence-corrected chi connectivity index (χ3v) is 3.04. The number of anilines is 1. The fraction of sp³-hybridized carbons (Fsp3) is 0. The van der Waals surface area contributed by atoms with E-state index in [0.717, 1.165) is 10.4 Å². The molecule has 74 valence electrons. The number of nitriles is 1. The van der Waals surface area contributed by atoms with Crippen LogP contribution in [0, 0.1) is 17.1 Å². The molecule has 2 N–H and O–H groups in total. The number of hydrogen-bond donors (Lipinski definition) is 1. The van der Waals surface area contributed by atoms with Crippen molar-refractivity contribution in [2.75, 3.05) is 5.73 Å². The molecule has 0 bridgehead atoms. The molecule has 15 heavy (non-hydrogen) atoms. The second-order valence-electron chi connectivity index (χ2n) is 3.01. The van der Waals surface area contributed by atoms with E-state index >= 15 is 0 Å². The van der Waals surface area contributed by atoms with Crippen LogP contribution in [0.25, 0.3) is 10.4 Å². The molecule has 0 fully saturated rings. The highest BCUT2D eigenvalue weighted by Gasteiger charge is 2.04. The van der Waals surface area contributed by atoms with Gasteiger partial charge in [0.1, 0.15) is 16.8 Å². The predicted octanol–water partition coefficient (Wildman–Crippen LogP) is 3.01. The summed E-state index contributed by atoms with van der Waals surface area (Å²) in [5.41, 5.74) is 6.42. The van der Waals surface area contributed by atoms with Gasteiger partial charge < -0.3 is 5.73 Å². The van der Waals surface area contributed by atoms with Crippen molar-refractivity contribution in [3.63, 3.8) is 0 Å². The number of hydrogen-bond acceptors (Lipinski definition) is 3. The zero-order chi connectivity index (χ0) is 10.8. The Bertz CT molecular complexity index is 540. The molecule has 0 aliphatic rings. The molecule has 0 radical (unpaired) electrons. The molecule has 1 aromatic carbocycles. The van der Waals surface area contributed by atoms with Crippen LogP contribution in [-0.2, 0) is 0 Å². The fourth-order valence-electron chi connectivity index (χ4n) is 1.25. The van der Waals surface area contributed by atoms with Crippen molar-refractivity contribution in [3.05, 3.63) is 41.0 Å². The van der Waals surface area contributed by atoms with Crippen molar-refractivity contribution in [2.24, 2.45) is 0 Å². The highest BCUT2D eigenvalue weighted by molar-refractivity contribution is 7.16. The van der Waals surface area contributed by atoms with Gasteiger partial charge in [0.05, 0.1) is 5.69 Å². The molecule has 0 saturated heterocycles. The summed E-state index contributed by atoms with van der Waals surface area (Å²) < 4.78 is 12.9. The van der Waals surface area contributed by atoms with E-state index in [9.17, 15) is 4.39 Å². The average Bonchev–Trinajstić information content (AvgIpc) is 2.70. The largest absolute Gasteiger partial charge is 0.396 e. The summed E-state index contributed by atoms with van der Waals surface area (Å²) in [6, 6.07) is 10.2. The zero-order valence-corrected chi connectivity index (χ0v) is 8.51. The van der Waals surface area contributed by atoms with Gasteiger partial charge in [-0.25, -0.2) is 4.39 Å². The van der Waals surface area contributed by atoms with Gasteiger partial charge in [-0.3, -0.25) is 0 Å². The third-order valence-electron chi connectivity index (χ3n) is 2.00. The number of nitrogen functional groups attached to an aromatic ring is 1. The Kier molecular flexibility index (Phi) is 2.40. The van der Waals surface area contributed by atoms with Gasteiger partial charge in [-0.2, -0.15) is 5.26 Å². The summed E-state index contributed by atoms with van der Waals surface area (Å²) in [5, 5.41) is 8.67. The summed E-state index contributed by atoms with van der Waals surface area (Å²) in [4.78, 5) is 1.55. The van der Waals surface area contributed by atoms with Gasteiger partial charge in [-0.15, -0.1) is 11.3 Å². The van der Waals surface area contributed by atoms with Gasteiger partial charge in [-0.1, -0.05) is 6.07 Å². The number of benzene rings is 1. The Hall–Kier alpha value is -1.86. The summed E-state index contributed by atoms with van der Waals surface area (Å²) in [7, 11) is 0. The fourth-order valence-corrected chi connectivity index (χ4v) is 2.05. The normalized spacial score (nSPS) is 9.87. The average molecular weight is 218 g/mol. The van der Waals surface area contributed by atoms with Gasteiger partial charge >= 0.3 is 0 Å². The van der Waals surface area contributed by atoms with Crippen LogP contribution in [0.1, 0.15) is 4.88 Å². The maximum absolute atomic E-state index is 12.9. The maximum atomic E-state index is 12.9. The molecular weight excluding hydrogens is 211 g/mol. The van der Waals surface area contributed by atoms with Crippen molar-refractivity contribution in [1.29, 1.82) is 5.26 Å². The second kappa shape index (κ2) is 3.71. The van der Waals surface area contributed by atoms with E-state index < -0.39 is 5.82 Å². The van der Waals surface area contributed by atoms with Crippen LogP contribution >= 0.6 is 11.3 Å². The Morgan fingerprint density at radius 3 is 2.67 bits per heavy atom. The van der Waals surface area contributed by atoms with Crippen molar-refractivity contribution in [2.45, 2.75) is 0 Å². The Labute approximate surface area is 90.4 Å². The van der Waals surface area contributed by atoms with E-state index in [-0.39, 0.29) is 5.69 Å². The lowest BCUT2D eigenvalue weighted by Crippen LogP contribution is -1.89. The minimum Gasteiger partial charge on any atom is -0.396 e. The van der Waals surface area contributed by atoms with Crippen LogP contribution in [0.15, 0.2) is 30.3 Å². The van der Waals surface area contributed by atoms with Crippen LogP contribution in [0.3, 0.4) is 0 Å². The lowest BCUT2D eigenvalue weighted by molar-refractivity contribution is 0.633. The van der Waals surface area contributed by atoms with Gasteiger partial charge in [0.25, 0.3) is 0 Å². The molecule has 0 atom stereocenters. The number of thiophene rings is 1. The second-order valence-corrected chi connectivity index (χ2v) is 4.10. The van der Waals surface area contributed by atoms with Crippen molar-refractivity contribution >= 4 is 17.0 Å². The molecule has 0 aliphatic carbocycles. The number of halogens is 1. The van der Waals surface area contributed by atoms with Gasteiger partial charge in [-0.05, 0) is 29.8 Å². The zero-order valence-electron chi connectivity index (χ0n) is 7.70. The topological polar surface area (TPSA) is 49.8 Å². The smallest absolute Gasteiger partial charge is 0.146 e. The quantitative estimate of drug-likeness (QED) is 0.748. The van der Waals surface area contributed by atoms with Gasteiger partial charge in [0.2, 0.25) is 0 Å². The molecule has 2 nitrogen and oxygen atoms in total. The molecule has 0 amide bonds. The van der Waals surface area contributed by atoms with Crippen LogP contribution in [0.2, 0.25) is 0 Å². The SMILES string of the molecule is N#Cc1ccc(-c2ccc(F)c(N)c2)s1. The van der Waals surface area contributed by atoms with Crippen LogP contribution in [0.4, 0.5) is 10.1 Å². The van der Waals surface area contributed by atoms with E-state index in [1.54, 1.807) is 18.2 Å². The Morgan fingerprint density at radius 1 is 1.27 bits per heavy atom. The summed E-state index contributed by atoms with van der Waals surface area (Å²) in [5.74, 6) is -0.421. The van der Waals surface area contributed by atoms with Gasteiger partial charge in [0.15, 0.2) is 0 Å². The van der Waals surface area contributed by atoms with Gasteiger partial charge in [0, 0.05) is 4.88 Å². The van der Waals surface area contributed by atoms with E-state index in [1.807, 2.05) is 6.07 Å². The molecule has 2 aromatic rings. The first-order valence-electron chi connectivity index (χ1n) is 4.26. The Balaban J connectivity index is 2.46. The number of nitrogens with zero attached hydrogens (tertiary/aromatic N) is 1. The molecule has 0 unspecified atom stereocenters. The highest BCUT2D eigenvalue weighted by Crippen LogP contribution is 2.29. The summed E-state index contributed by atoms with van der Waals surface area (Å²) in [6.45, 7) is 0. The molecule has 1 aromatic heterocycles. The van der Waals surface area contributed by atoms with Crippen molar-refractivity contribution in [1.82, 2.24) is 0 Å². The summed E-state index contributed by atoms with van der Waals surface area (Å²) in [6.07, 6.45) is 0. The number of nitrogens with two attached hydrogens (primary N) is 1. The van der Waals surface area contributed by atoms with E-state index in [0.29, 0.717) is 4.88 Å².